The number of allylic oxidation sites excluding steroid dienone is 1. The van der Waals surface area contributed by atoms with E-state index in [0.717, 1.165) is 5.65 Å². The number of carbonyl (C=O) groups excluding carboxylic acids is 1. The Morgan fingerprint density at radius 3 is 2.96 bits per heavy atom. The minimum absolute atomic E-state index is 0.173. The number of imidazole rings is 1. The molecule has 3 rings (SSSR count). The molecular formula is C18H17N5O3. The summed E-state index contributed by atoms with van der Waals surface area (Å²) < 4.78 is 12.5. The highest BCUT2D eigenvalue weighted by Gasteiger charge is 2.09. The zero-order valence-corrected chi connectivity index (χ0v) is 14.0. The summed E-state index contributed by atoms with van der Waals surface area (Å²) in [5.41, 5.74) is 8.10. The number of hydrogen-bond donors (Lipinski definition) is 2. The molecule has 26 heavy (non-hydrogen) atoms. The fraction of sp³-hybridized carbons (Fsp3) is 0.111. The van der Waals surface area contributed by atoms with Gasteiger partial charge in [0.15, 0.2) is 6.29 Å². The molecule has 0 fully saturated rings. The molecule has 8 heteroatoms. The van der Waals surface area contributed by atoms with E-state index in [9.17, 15) is 4.79 Å². The second kappa shape index (κ2) is 7.47. The SMILES string of the molecule is COc1cc(C=O)c(OCc2cn3cc(C(=N)/C=C\N)ccc3n2)cn1. The van der Waals surface area contributed by atoms with Crippen LogP contribution in [0.2, 0.25) is 0 Å². The normalized spacial score (nSPS) is 11.0. The third-order valence-electron chi connectivity index (χ3n) is 3.66. The lowest BCUT2D eigenvalue weighted by Crippen LogP contribution is -2.00. The molecular weight excluding hydrogens is 334 g/mol. The Morgan fingerprint density at radius 1 is 1.38 bits per heavy atom. The third kappa shape index (κ3) is 3.54. The predicted molar refractivity (Wildman–Crippen MR) is 95.9 cm³/mol. The number of ether oxygens (including phenoxy) is 2. The van der Waals surface area contributed by atoms with Crippen LogP contribution in [0, 0.1) is 5.41 Å². The molecule has 0 radical (unpaired) electrons. The highest BCUT2D eigenvalue weighted by atomic mass is 16.5. The van der Waals surface area contributed by atoms with Crippen molar-refractivity contribution in [2.75, 3.05) is 7.11 Å². The molecule has 0 aromatic carbocycles. The van der Waals surface area contributed by atoms with Gasteiger partial charge in [-0.3, -0.25) is 4.79 Å². The Bertz CT molecular complexity index is 994. The van der Waals surface area contributed by atoms with Crippen molar-refractivity contribution in [1.29, 1.82) is 5.41 Å². The number of fused-ring (bicyclic) bond motifs is 1. The molecule has 0 unspecified atom stereocenters. The van der Waals surface area contributed by atoms with Crippen LogP contribution in [0.1, 0.15) is 21.6 Å². The Kier molecular flexibility index (Phi) is 4.93. The summed E-state index contributed by atoms with van der Waals surface area (Å²) in [6, 6.07) is 5.12. The van der Waals surface area contributed by atoms with Crippen molar-refractivity contribution in [3.05, 3.63) is 65.9 Å². The molecule has 0 atom stereocenters. The maximum atomic E-state index is 11.2. The largest absolute Gasteiger partial charge is 0.485 e. The minimum atomic E-state index is 0.173. The monoisotopic (exact) mass is 351 g/mol. The lowest BCUT2D eigenvalue weighted by atomic mass is 10.2. The molecule has 3 N–H and O–H groups in total. The highest BCUT2D eigenvalue weighted by Crippen LogP contribution is 2.21. The standard InChI is InChI=1S/C18H17N5O3/c1-25-18-6-13(10-24)16(7-21-18)26-11-14-9-23-8-12(15(20)4-5-19)2-3-17(23)22-14/h2-10,20H,11,19H2,1H3/b5-4-,20-15?. The molecule has 3 aromatic rings. The van der Waals surface area contributed by atoms with Crippen LogP contribution in [0.25, 0.3) is 5.65 Å². The van der Waals surface area contributed by atoms with Gasteiger partial charge in [-0.05, 0) is 24.4 Å². The van der Waals surface area contributed by atoms with E-state index in [2.05, 4.69) is 9.97 Å². The number of rotatable bonds is 7. The highest BCUT2D eigenvalue weighted by molar-refractivity contribution is 6.06. The van der Waals surface area contributed by atoms with Crippen molar-refractivity contribution in [2.45, 2.75) is 6.61 Å². The van der Waals surface area contributed by atoms with E-state index in [-0.39, 0.29) is 6.61 Å². The lowest BCUT2D eigenvalue weighted by Gasteiger charge is -2.07. The van der Waals surface area contributed by atoms with E-state index in [1.807, 2.05) is 6.07 Å². The molecule has 132 valence electrons. The molecule has 3 aromatic heterocycles. The quantitative estimate of drug-likeness (QED) is 0.497. The van der Waals surface area contributed by atoms with Gasteiger partial charge in [0.1, 0.15) is 18.0 Å². The van der Waals surface area contributed by atoms with E-state index < -0.39 is 0 Å². The summed E-state index contributed by atoms with van der Waals surface area (Å²) in [6.45, 7) is 0.173. The second-order valence-corrected chi connectivity index (χ2v) is 5.36. The smallest absolute Gasteiger partial charge is 0.213 e. The van der Waals surface area contributed by atoms with E-state index in [0.29, 0.717) is 40.4 Å². The first kappa shape index (κ1) is 17.2. The van der Waals surface area contributed by atoms with Crippen LogP contribution in [0.15, 0.2) is 49.1 Å². The Labute approximate surface area is 149 Å². The van der Waals surface area contributed by atoms with Gasteiger partial charge < -0.3 is 25.0 Å². The van der Waals surface area contributed by atoms with E-state index in [4.69, 9.17) is 20.6 Å². The predicted octanol–water partition coefficient (Wildman–Crippen LogP) is 1.97. The maximum Gasteiger partial charge on any atom is 0.213 e. The van der Waals surface area contributed by atoms with Gasteiger partial charge in [0.2, 0.25) is 5.88 Å². The second-order valence-electron chi connectivity index (χ2n) is 5.36. The van der Waals surface area contributed by atoms with Crippen LogP contribution in [0.4, 0.5) is 0 Å². The van der Waals surface area contributed by atoms with Gasteiger partial charge in [0.05, 0.1) is 30.3 Å². The fourth-order valence-corrected chi connectivity index (χ4v) is 2.38. The van der Waals surface area contributed by atoms with E-state index in [1.165, 1.54) is 31.6 Å². The van der Waals surface area contributed by atoms with Crippen LogP contribution in [0.5, 0.6) is 11.6 Å². The zero-order valence-electron chi connectivity index (χ0n) is 14.0. The van der Waals surface area contributed by atoms with Gasteiger partial charge in [-0.15, -0.1) is 0 Å². The van der Waals surface area contributed by atoms with Gasteiger partial charge in [-0.25, -0.2) is 9.97 Å². The van der Waals surface area contributed by atoms with Crippen molar-refractivity contribution < 1.29 is 14.3 Å². The molecule has 3 heterocycles. The Morgan fingerprint density at radius 2 is 2.23 bits per heavy atom. The molecule has 0 spiro atoms. The molecule has 0 aliphatic heterocycles. The average molecular weight is 351 g/mol. The first-order valence-electron chi connectivity index (χ1n) is 7.71. The fourth-order valence-electron chi connectivity index (χ4n) is 2.38. The molecule has 8 nitrogen and oxygen atoms in total. The van der Waals surface area contributed by atoms with Gasteiger partial charge in [-0.2, -0.15) is 0 Å². The molecule has 0 aliphatic rings. The number of nitrogens with two attached hydrogens (primary N) is 1. The summed E-state index contributed by atoms with van der Waals surface area (Å²) >= 11 is 0. The number of aromatic nitrogens is 3. The van der Waals surface area contributed by atoms with E-state index >= 15 is 0 Å². The van der Waals surface area contributed by atoms with Crippen molar-refractivity contribution in [2.24, 2.45) is 5.73 Å². The molecule has 0 bridgehead atoms. The van der Waals surface area contributed by atoms with Crippen molar-refractivity contribution in [3.8, 4) is 11.6 Å². The average Bonchev–Trinajstić information content (AvgIpc) is 3.08. The summed E-state index contributed by atoms with van der Waals surface area (Å²) in [5, 5.41) is 7.91. The Hall–Kier alpha value is -3.68. The van der Waals surface area contributed by atoms with Crippen molar-refractivity contribution >= 4 is 17.6 Å². The maximum absolute atomic E-state index is 11.2. The Balaban J connectivity index is 1.79. The summed E-state index contributed by atoms with van der Waals surface area (Å²) in [5.74, 6) is 0.696. The van der Waals surface area contributed by atoms with Gasteiger partial charge in [0.25, 0.3) is 0 Å². The first-order chi connectivity index (χ1) is 12.6. The number of nitrogens with one attached hydrogen (secondary N) is 1. The first-order valence-corrected chi connectivity index (χ1v) is 7.71. The van der Waals surface area contributed by atoms with Gasteiger partial charge in [0, 0.05) is 24.0 Å². The molecule has 0 aliphatic carbocycles. The number of aldehydes is 1. The molecule has 0 saturated carbocycles. The number of methoxy groups -OCH3 is 1. The summed E-state index contributed by atoms with van der Waals surface area (Å²) in [7, 11) is 1.48. The number of hydrogen-bond acceptors (Lipinski definition) is 7. The number of nitrogens with zero attached hydrogens (tertiary/aromatic N) is 3. The van der Waals surface area contributed by atoms with Gasteiger partial charge in [-0.1, -0.05) is 0 Å². The van der Waals surface area contributed by atoms with Crippen molar-refractivity contribution in [1.82, 2.24) is 14.4 Å². The summed E-state index contributed by atoms with van der Waals surface area (Å²) in [6.07, 6.45) is 8.56. The van der Waals surface area contributed by atoms with Crippen molar-refractivity contribution in [3.63, 3.8) is 0 Å². The summed E-state index contributed by atoms with van der Waals surface area (Å²) in [4.78, 5) is 19.7. The zero-order chi connectivity index (χ0) is 18.5. The third-order valence-corrected chi connectivity index (χ3v) is 3.66. The lowest BCUT2D eigenvalue weighted by molar-refractivity contribution is 0.111. The van der Waals surface area contributed by atoms with Gasteiger partial charge >= 0.3 is 0 Å². The van der Waals surface area contributed by atoms with Crippen LogP contribution in [-0.4, -0.2) is 33.5 Å². The molecule has 0 saturated heterocycles. The van der Waals surface area contributed by atoms with Crippen LogP contribution < -0.4 is 15.2 Å². The van der Waals surface area contributed by atoms with E-state index in [1.54, 1.807) is 22.9 Å². The topological polar surface area (TPSA) is 116 Å². The van der Waals surface area contributed by atoms with Crippen LogP contribution in [0.3, 0.4) is 0 Å². The number of carbonyl (C=O) groups is 1. The number of pyridine rings is 2. The molecule has 0 amide bonds. The minimum Gasteiger partial charge on any atom is -0.485 e. The van der Waals surface area contributed by atoms with Crippen LogP contribution in [-0.2, 0) is 6.61 Å². The van der Waals surface area contributed by atoms with Crippen LogP contribution >= 0.6 is 0 Å².